The van der Waals surface area contributed by atoms with Crippen molar-refractivity contribution in [2.75, 3.05) is 13.7 Å². The van der Waals surface area contributed by atoms with Crippen LogP contribution in [0.1, 0.15) is 37.4 Å². The molecule has 2 rings (SSSR count). The fraction of sp³-hybridized carbons (Fsp3) is 0.471. The average Bonchev–Trinajstić information content (AvgIpc) is 2.56. The number of hydrogen-bond donors (Lipinski definition) is 0. The van der Waals surface area contributed by atoms with Gasteiger partial charge >= 0.3 is 5.97 Å². The number of carbonyl (C=O) groups is 1. The van der Waals surface area contributed by atoms with Crippen LogP contribution in [0.4, 0.5) is 4.39 Å². The van der Waals surface area contributed by atoms with Crippen LogP contribution in [0, 0.1) is 5.82 Å². The minimum absolute atomic E-state index is 0.203. The topological polar surface area (TPSA) is 44.8 Å². The van der Waals surface area contributed by atoms with E-state index in [1.54, 1.807) is 6.07 Å². The molecule has 1 fully saturated rings. The predicted octanol–water partition coefficient (Wildman–Crippen LogP) is 4.29. The van der Waals surface area contributed by atoms with Crippen molar-refractivity contribution in [3.8, 4) is 0 Å². The fourth-order valence-corrected chi connectivity index (χ4v) is 2.95. The molecule has 2 atom stereocenters. The summed E-state index contributed by atoms with van der Waals surface area (Å²) in [5.41, 5.74) is 0.883. The summed E-state index contributed by atoms with van der Waals surface area (Å²) in [6.07, 6.45) is 2.08. The number of esters is 1. The van der Waals surface area contributed by atoms with Gasteiger partial charge in [-0.3, -0.25) is 0 Å². The molecule has 1 aliphatic heterocycles. The van der Waals surface area contributed by atoms with Crippen molar-refractivity contribution in [2.45, 2.75) is 38.1 Å². The van der Waals surface area contributed by atoms with Crippen molar-refractivity contribution in [3.63, 3.8) is 0 Å². The standard InChI is InChI=1S/C17H20BrFO4/c1-11(17(20)21-2)9-15(23-16-5-3-4-8-22-16)13-10-12(19)6-7-14(13)18/h6-7,10,15-16H,1,3-5,8-9H2,2H3. The maximum absolute atomic E-state index is 13.6. The van der Waals surface area contributed by atoms with Crippen molar-refractivity contribution in [1.29, 1.82) is 0 Å². The summed E-state index contributed by atoms with van der Waals surface area (Å²) in [5.74, 6) is -0.874. The van der Waals surface area contributed by atoms with Gasteiger partial charge in [-0.15, -0.1) is 0 Å². The van der Waals surface area contributed by atoms with Crippen molar-refractivity contribution in [2.24, 2.45) is 0 Å². The van der Waals surface area contributed by atoms with Crippen molar-refractivity contribution in [3.05, 3.63) is 46.2 Å². The summed E-state index contributed by atoms with van der Waals surface area (Å²) in [6, 6.07) is 4.36. The number of methoxy groups -OCH3 is 1. The van der Waals surface area contributed by atoms with E-state index in [2.05, 4.69) is 27.2 Å². The zero-order valence-corrected chi connectivity index (χ0v) is 14.6. The normalized spacial score (nSPS) is 19.2. The Labute approximate surface area is 143 Å². The van der Waals surface area contributed by atoms with E-state index in [0.29, 0.717) is 16.6 Å². The van der Waals surface area contributed by atoms with Crippen molar-refractivity contribution >= 4 is 21.9 Å². The van der Waals surface area contributed by atoms with E-state index in [4.69, 9.17) is 9.47 Å². The highest BCUT2D eigenvalue weighted by atomic mass is 79.9. The first-order chi connectivity index (χ1) is 11.0. The number of halogens is 2. The maximum Gasteiger partial charge on any atom is 0.333 e. The van der Waals surface area contributed by atoms with Gasteiger partial charge in [-0.2, -0.15) is 0 Å². The third-order valence-electron chi connectivity index (χ3n) is 3.66. The average molecular weight is 387 g/mol. The van der Waals surface area contributed by atoms with Crippen LogP contribution in [-0.4, -0.2) is 26.0 Å². The summed E-state index contributed by atoms with van der Waals surface area (Å²) >= 11 is 3.41. The van der Waals surface area contributed by atoms with Gasteiger partial charge in [-0.25, -0.2) is 9.18 Å². The largest absolute Gasteiger partial charge is 0.466 e. The molecule has 0 radical (unpaired) electrons. The van der Waals surface area contributed by atoms with Crippen LogP contribution in [0.5, 0.6) is 0 Å². The third kappa shape index (κ3) is 5.12. The molecule has 1 saturated heterocycles. The molecule has 126 valence electrons. The van der Waals surface area contributed by atoms with Gasteiger partial charge in [0.05, 0.1) is 13.2 Å². The monoisotopic (exact) mass is 386 g/mol. The molecule has 23 heavy (non-hydrogen) atoms. The molecular formula is C17H20BrFO4. The van der Waals surface area contributed by atoms with Gasteiger partial charge in [0.2, 0.25) is 0 Å². The van der Waals surface area contributed by atoms with Crippen LogP contribution >= 0.6 is 15.9 Å². The Hall–Kier alpha value is -1.24. The molecular weight excluding hydrogens is 367 g/mol. The second kappa shape index (κ2) is 8.57. The molecule has 1 aromatic rings. The van der Waals surface area contributed by atoms with Crippen LogP contribution in [0.15, 0.2) is 34.8 Å². The second-order valence-electron chi connectivity index (χ2n) is 5.39. The molecule has 1 aromatic carbocycles. The molecule has 4 nitrogen and oxygen atoms in total. The molecule has 0 aromatic heterocycles. The highest BCUT2D eigenvalue weighted by Gasteiger charge is 2.25. The number of ether oxygens (including phenoxy) is 3. The zero-order valence-electron chi connectivity index (χ0n) is 13.0. The lowest BCUT2D eigenvalue weighted by Gasteiger charge is -2.28. The van der Waals surface area contributed by atoms with Crippen LogP contribution in [0.25, 0.3) is 0 Å². The summed E-state index contributed by atoms with van der Waals surface area (Å²) in [6.45, 7) is 4.37. The van der Waals surface area contributed by atoms with E-state index < -0.39 is 12.1 Å². The van der Waals surface area contributed by atoms with Gasteiger partial charge in [0.15, 0.2) is 6.29 Å². The molecule has 0 aliphatic carbocycles. The number of rotatable bonds is 6. The van der Waals surface area contributed by atoms with Crippen molar-refractivity contribution < 1.29 is 23.4 Å². The lowest BCUT2D eigenvalue weighted by Crippen LogP contribution is -2.25. The number of benzene rings is 1. The zero-order chi connectivity index (χ0) is 16.8. The SMILES string of the molecule is C=C(CC(OC1CCCCO1)c1cc(F)ccc1Br)C(=O)OC. The first-order valence-electron chi connectivity index (χ1n) is 7.49. The smallest absolute Gasteiger partial charge is 0.333 e. The molecule has 0 N–H and O–H groups in total. The van der Waals surface area contributed by atoms with Crippen LogP contribution in [0.2, 0.25) is 0 Å². The predicted molar refractivity (Wildman–Crippen MR) is 87.3 cm³/mol. The Morgan fingerprint density at radius 2 is 2.30 bits per heavy atom. The van der Waals surface area contributed by atoms with E-state index in [-0.39, 0.29) is 24.1 Å². The molecule has 6 heteroatoms. The molecule has 2 unspecified atom stereocenters. The Balaban J connectivity index is 2.20. The van der Waals surface area contributed by atoms with Crippen molar-refractivity contribution in [1.82, 2.24) is 0 Å². The molecule has 0 saturated carbocycles. The summed E-state index contributed by atoms with van der Waals surface area (Å²) < 4.78 is 30.6. The van der Waals surface area contributed by atoms with Gasteiger partial charge in [0.25, 0.3) is 0 Å². The minimum Gasteiger partial charge on any atom is -0.466 e. The fourth-order valence-electron chi connectivity index (χ4n) is 2.45. The number of carbonyl (C=O) groups excluding carboxylic acids is 1. The second-order valence-corrected chi connectivity index (χ2v) is 6.24. The van der Waals surface area contributed by atoms with Gasteiger partial charge in [0.1, 0.15) is 5.82 Å². The molecule has 1 heterocycles. The summed E-state index contributed by atoms with van der Waals surface area (Å²) in [4.78, 5) is 11.6. The molecule has 0 spiro atoms. The van der Waals surface area contributed by atoms with Crippen LogP contribution in [0.3, 0.4) is 0 Å². The summed E-state index contributed by atoms with van der Waals surface area (Å²) in [5, 5.41) is 0. The van der Waals surface area contributed by atoms with E-state index in [0.717, 1.165) is 19.3 Å². The van der Waals surface area contributed by atoms with E-state index in [9.17, 15) is 9.18 Å². The van der Waals surface area contributed by atoms with Gasteiger partial charge < -0.3 is 14.2 Å². The van der Waals surface area contributed by atoms with E-state index in [1.165, 1.54) is 19.2 Å². The lowest BCUT2D eigenvalue weighted by molar-refractivity contribution is -0.190. The number of hydrogen-bond acceptors (Lipinski definition) is 4. The first-order valence-corrected chi connectivity index (χ1v) is 8.28. The molecule has 0 amide bonds. The highest BCUT2D eigenvalue weighted by molar-refractivity contribution is 9.10. The first kappa shape index (κ1) is 18.1. The summed E-state index contributed by atoms with van der Waals surface area (Å²) in [7, 11) is 1.30. The third-order valence-corrected chi connectivity index (χ3v) is 4.39. The molecule has 0 bridgehead atoms. The lowest BCUT2D eigenvalue weighted by atomic mass is 10.0. The molecule has 1 aliphatic rings. The Morgan fingerprint density at radius 1 is 1.52 bits per heavy atom. The highest BCUT2D eigenvalue weighted by Crippen LogP contribution is 2.34. The van der Waals surface area contributed by atoms with Gasteiger partial charge in [-0.05, 0) is 43.0 Å². The van der Waals surface area contributed by atoms with Gasteiger partial charge in [0, 0.05) is 23.1 Å². The maximum atomic E-state index is 13.6. The Morgan fingerprint density at radius 3 is 2.96 bits per heavy atom. The van der Waals surface area contributed by atoms with E-state index in [1.807, 2.05) is 0 Å². The van der Waals surface area contributed by atoms with E-state index >= 15 is 0 Å². The van der Waals surface area contributed by atoms with Crippen LogP contribution < -0.4 is 0 Å². The quantitative estimate of drug-likeness (QED) is 0.540. The van der Waals surface area contributed by atoms with Gasteiger partial charge in [-0.1, -0.05) is 22.5 Å². The Bertz CT molecular complexity index is 570. The van der Waals surface area contributed by atoms with Crippen LogP contribution in [-0.2, 0) is 19.0 Å². The minimum atomic E-state index is -0.547. The Kier molecular flexibility index (Phi) is 6.74.